The maximum absolute atomic E-state index is 12.4. The third-order valence-electron chi connectivity index (χ3n) is 6.15. The van der Waals surface area contributed by atoms with Crippen LogP contribution in [0.1, 0.15) is 43.5 Å². The van der Waals surface area contributed by atoms with Gasteiger partial charge < -0.3 is 19.7 Å². The van der Waals surface area contributed by atoms with Crippen LogP contribution in [0.4, 0.5) is 11.4 Å². The van der Waals surface area contributed by atoms with Crippen molar-refractivity contribution in [3.8, 4) is 0 Å². The summed E-state index contributed by atoms with van der Waals surface area (Å²) in [6.07, 6.45) is 3.14. The Labute approximate surface area is 175 Å². The molecule has 1 aliphatic heterocycles. The number of anilines is 1. The van der Waals surface area contributed by atoms with Gasteiger partial charge in [0.15, 0.2) is 6.61 Å². The summed E-state index contributed by atoms with van der Waals surface area (Å²) in [5.41, 5.74) is 0.324. The number of carbonyl (C=O) groups is 2. The zero-order valence-electron chi connectivity index (χ0n) is 17.5. The lowest BCUT2D eigenvalue weighted by Crippen LogP contribution is -2.45. The van der Waals surface area contributed by atoms with E-state index in [1.165, 1.54) is 12.1 Å². The third-order valence-corrected chi connectivity index (χ3v) is 6.15. The summed E-state index contributed by atoms with van der Waals surface area (Å²) in [5.74, 6) is -0.202. The zero-order valence-corrected chi connectivity index (χ0v) is 17.5. The number of hydrogen-bond donors (Lipinski definition) is 1. The summed E-state index contributed by atoms with van der Waals surface area (Å²) in [6, 6.07) is 4.32. The highest BCUT2D eigenvalue weighted by Crippen LogP contribution is 2.31. The van der Waals surface area contributed by atoms with E-state index in [9.17, 15) is 19.7 Å². The maximum atomic E-state index is 12.4. The van der Waals surface area contributed by atoms with Crippen LogP contribution in [0, 0.1) is 22.0 Å². The van der Waals surface area contributed by atoms with Crippen LogP contribution in [-0.2, 0) is 14.3 Å². The molecule has 1 saturated heterocycles. The van der Waals surface area contributed by atoms with Crippen molar-refractivity contribution < 1.29 is 24.0 Å². The van der Waals surface area contributed by atoms with Crippen LogP contribution >= 0.6 is 0 Å². The molecular formula is C21H29N3O6. The zero-order chi connectivity index (χ0) is 21.7. The molecule has 2 fully saturated rings. The first kappa shape index (κ1) is 22.0. The van der Waals surface area contributed by atoms with Crippen molar-refractivity contribution in [2.45, 2.75) is 39.2 Å². The van der Waals surface area contributed by atoms with Gasteiger partial charge in [-0.05, 0) is 30.4 Å². The predicted octanol–water partition coefficient (Wildman–Crippen LogP) is 2.53. The largest absolute Gasteiger partial charge is 0.452 e. The minimum absolute atomic E-state index is 0.0474. The molecule has 0 bridgehead atoms. The number of benzene rings is 1. The van der Waals surface area contributed by atoms with Gasteiger partial charge in [-0.15, -0.1) is 0 Å². The van der Waals surface area contributed by atoms with Crippen molar-refractivity contribution >= 4 is 23.3 Å². The molecule has 0 spiro atoms. The number of ether oxygens (including phenoxy) is 2. The summed E-state index contributed by atoms with van der Waals surface area (Å²) >= 11 is 0. The maximum Gasteiger partial charge on any atom is 0.338 e. The van der Waals surface area contributed by atoms with E-state index in [2.05, 4.69) is 19.2 Å². The van der Waals surface area contributed by atoms with E-state index in [1.807, 2.05) is 4.90 Å². The number of morpholine rings is 1. The summed E-state index contributed by atoms with van der Waals surface area (Å²) < 4.78 is 10.4. The number of nitro benzene ring substituents is 1. The van der Waals surface area contributed by atoms with Crippen LogP contribution in [0.3, 0.4) is 0 Å². The second-order valence-corrected chi connectivity index (χ2v) is 8.08. The molecule has 1 N–H and O–H groups in total. The molecule has 9 nitrogen and oxygen atoms in total. The van der Waals surface area contributed by atoms with E-state index in [0.717, 1.165) is 19.3 Å². The molecule has 30 heavy (non-hydrogen) atoms. The van der Waals surface area contributed by atoms with Crippen molar-refractivity contribution in [3.05, 3.63) is 33.9 Å². The van der Waals surface area contributed by atoms with E-state index in [4.69, 9.17) is 9.47 Å². The number of carbonyl (C=O) groups excluding carboxylic acids is 2. The Morgan fingerprint density at radius 3 is 2.70 bits per heavy atom. The number of nitro groups is 1. The van der Waals surface area contributed by atoms with Crippen LogP contribution in [-0.4, -0.2) is 55.8 Å². The van der Waals surface area contributed by atoms with E-state index >= 15 is 0 Å². The van der Waals surface area contributed by atoms with Gasteiger partial charge in [0, 0.05) is 25.2 Å². The molecule has 1 aromatic rings. The van der Waals surface area contributed by atoms with Crippen LogP contribution in [0.15, 0.2) is 18.2 Å². The van der Waals surface area contributed by atoms with Gasteiger partial charge in [-0.3, -0.25) is 14.9 Å². The first-order chi connectivity index (χ1) is 14.4. The van der Waals surface area contributed by atoms with Gasteiger partial charge in [0.2, 0.25) is 0 Å². The van der Waals surface area contributed by atoms with Crippen LogP contribution in [0.5, 0.6) is 0 Å². The molecule has 1 aliphatic carbocycles. The SMILES string of the molecule is C[C@@H]1[C@H](C)CCC[C@H]1NC(=O)COC(=O)c1ccc(N2CCOCC2)c([N+](=O)[O-])c1. The average Bonchev–Trinajstić information content (AvgIpc) is 2.75. The number of rotatable bonds is 6. The lowest BCUT2D eigenvalue weighted by molar-refractivity contribution is -0.384. The molecule has 0 unspecified atom stereocenters. The topological polar surface area (TPSA) is 111 Å². The Morgan fingerprint density at radius 1 is 1.27 bits per heavy atom. The Kier molecular flexibility index (Phi) is 7.25. The number of esters is 1. The minimum Gasteiger partial charge on any atom is -0.452 e. The quantitative estimate of drug-likeness (QED) is 0.428. The second-order valence-electron chi connectivity index (χ2n) is 8.08. The van der Waals surface area contributed by atoms with Gasteiger partial charge in [0.05, 0.1) is 23.7 Å². The molecule has 1 saturated carbocycles. The molecule has 1 amide bonds. The number of hydrogen-bond acceptors (Lipinski definition) is 7. The van der Waals surface area contributed by atoms with Gasteiger partial charge in [-0.1, -0.05) is 26.7 Å². The van der Waals surface area contributed by atoms with Crippen molar-refractivity contribution in [2.75, 3.05) is 37.8 Å². The smallest absolute Gasteiger partial charge is 0.338 e. The molecule has 1 heterocycles. The summed E-state index contributed by atoms with van der Waals surface area (Å²) in [4.78, 5) is 37.4. The fraction of sp³-hybridized carbons (Fsp3) is 0.619. The van der Waals surface area contributed by atoms with Crippen molar-refractivity contribution in [1.29, 1.82) is 0 Å². The molecule has 0 aromatic heterocycles. The summed E-state index contributed by atoms with van der Waals surface area (Å²) in [7, 11) is 0. The highest BCUT2D eigenvalue weighted by Gasteiger charge is 2.28. The monoisotopic (exact) mass is 419 g/mol. The highest BCUT2D eigenvalue weighted by molar-refractivity contribution is 5.93. The van der Waals surface area contributed by atoms with Crippen LogP contribution < -0.4 is 10.2 Å². The Balaban J connectivity index is 1.60. The predicted molar refractivity (Wildman–Crippen MR) is 111 cm³/mol. The Bertz CT molecular complexity index is 793. The molecule has 3 rings (SSSR count). The lowest BCUT2D eigenvalue weighted by atomic mass is 9.78. The first-order valence-corrected chi connectivity index (χ1v) is 10.4. The van der Waals surface area contributed by atoms with Crippen molar-refractivity contribution in [1.82, 2.24) is 5.32 Å². The van der Waals surface area contributed by atoms with Gasteiger partial charge in [0.25, 0.3) is 11.6 Å². The van der Waals surface area contributed by atoms with Crippen LogP contribution in [0.25, 0.3) is 0 Å². The van der Waals surface area contributed by atoms with Gasteiger partial charge >= 0.3 is 5.97 Å². The number of nitrogens with zero attached hydrogens (tertiary/aromatic N) is 2. The second kappa shape index (κ2) is 9.88. The number of amides is 1. The van der Waals surface area contributed by atoms with Crippen molar-refractivity contribution in [3.63, 3.8) is 0 Å². The molecule has 0 radical (unpaired) electrons. The molecular weight excluding hydrogens is 390 g/mol. The van der Waals surface area contributed by atoms with E-state index in [0.29, 0.717) is 43.8 Å². The molecule has 9 heteroatoms. The summed E-state index contributed by atoms with van der Waals surface area (Å²) in [6.45, 7) is 5.97. The van der Waals surface area contributed by atoms with E-state index in [1.54, 1.807) is 6.07 Å². The minimum atomic E-state index is -0.758. The Hall–Kier alpha value is -2.68. The first-order valence-electron chi connectivity index (χ1n) is 10.4. The van der Waals surface area contributed by atoms with Crippen LogP contribution in [0.2, 0.25) is 0 Å². The molecule has 3 atom stereocenters. The molecule has 1 aromatic carbocycles. The third kappa shape index (κ3) is 5.27. The van der Waals surface area contributed by atoms with E-state index in [-0.39, 0.29) is 23.2 Å². The standard InChI is InChI=1S/C21H29N3O6/c1-14-4-3-5-17(15(14)2)22-20(25)13-30-21(26)16-6-7-18(19(12-16)24(27)28)23-8-10-29-11-9-23/h6-7,12,14-15,17H,3-5,8-11,13H2,1-2H3,(H,22,25)/t14-,15-,17-/m1/s1. The van der Waals surface area contributed by atoms with Gasteiger partial charge in [-0.25, -0.2) is 4.79 Å². The fourth-order valence-electron chi connectivity index (χ4n) is 4.12. The lowest BCUT2D eigenvalue weighted by Gasteiger charge is -2.34. The normalized spacial score (nSPS) is 24.2. The fourth-order valence-corrected chi connectivity index (χ4v) is 4.12. The van der Waals surface area contributed by atoms with E-state index < -0.39 is 17.5 Å². The molecule has 2 aliphatic rings. The average molecular weight is 419 g/mol. The van der Waals surface area contributed by atoms with Gasteiger partial charge in [-0.2, -0.15) is 0 Å². The Morgan fingerprint density at radius 2 is 2.00 bits per heavy atom. The summed E-state index contributed by atoms with van der Waals surface area (Å²) in [5, 5.41) is 14.5. The van der Waals surface area contributed by atoms with Gasteiger partial charge in [0.1, 0.15) is 5.69 Å². The van der Waals surface area contributed by atoms with Crippen molar-refractivity contribution in [2.24, 2.45) is 11.8 Å². The molecule has 164 valence electrons. The highest BCUT2D eigenvalue weighted by atomic mass is 16.6. The number of nitrogens with one attached hydrogen (secondary N) is 1.